The van der Waals surface area contributed by atoms with Crippen molar-refractivity contribution >= 4 is 35.1 Å². The third kappa shape index (κ3) is 5.45. The van der Waals surface area contributed by atoms with Gasteiger partial charge >= 0.3 is 11.9 Å². The average Bonchev–Trinajstić information content (AvgIpc) is 3.09. The molecule has 0 aliphatic heterocycles. The van der Waals surface area contributed by atoms with Gasteiger partial charge in [-0.15, -0.1) is 0 Å². The van der Waals surface area contributed by atoms with E-state index in [4.69, 9.17) is 0 Å². The fourth-order valence-corrected chi connectivity index (χ4v) is 4.80. The summed E-state index contributed by atoms with van der Waals surface area (Å²) in [6.45, 7) is 5.03. The molecule has 2 aromatic carbocycles. The Morgan fingerprint density at radius 1 is 1.05 bits per heavy atom. The second kappa shape index (κ2) is 10.4. The summed E-state index contributed by atoms with van der Waals surface area (Å²) in [5.74, 6) is -4.05. The maximum atomic E-state index is 13.0. The van der Waals surface area contributed by atoms with Gasteiger partial charge in [0, 0.05) is 24.1 Å². The molecule has 0 saturated heterocycles. The molecule has 0 radical (unpaired) electrons. The van der Waals surface area contributed by atoms with E-state index in [0.717, 1.165) is 0 Å². The van der Waals surface area contributed by atoms with Crippen LogP contribution in [-0.2, 0) is 20.8 Å². The van der Waals surface area contributed by atoms with Gasteiger partial charge in [-0.25, -0.2) is 4.79 Å². The molecule has 1 saturated carbocycles. The molecule has 1 unspecified atom stereocenters. The standard InChI is InChI=1S/C26H29N3O8/c1-25(2)18(12-13-26(25,3)24(34)35)22(31)28-19(23(32)33)14-15-8-10-16(11-9-15)27-21(30)17-6-4-5-7-20(17)29(36)37/h4-11,18-19H,12-14H2,1-3H3,(H,27,30)(H,28,31)(H,32,33)(H,34,35)/t18-,19?,26+/m1/s1. The number of rotatable bonds is 9. The molecule has 0 bridgehead atoms. The van der Waals surface area contributed by atoms with Gasteiger partial charge < -0.3 is 20.8 Å². The molecule has 11 heteroatoms. The van der Waals surface area contributed by atoms with Crippen LogP contribution in [0.25, 0.3) is 0 Å². The topological polar surface area (TPSA) is 176 Å². The molecule has 3 rings (SSSR count). The summed E-state index contributed by atoms with van der Waals surface area (Å²) in [5, 5.41) is 35.7. The summed E-state index contributed by atoms with van der Waals surface area (Å²) < 4.78 is 0. The molecule has 0 heterocycles. The molecule has 11 nitrogen and oxygen atoms in total. The third-order valence-electron chi connectivity index (χ3n) is 7.63. The number of hydrogen-bond donors (Lipinski definition) is 4. The first-order chi connectivity index (χ1) is 17.3. The van der Waals surface area contributed by atoms with Gasteiger partial charge in [0.2, 0.25) is 5.91 Å². The van der Waals surface area contributed by atoms with Gasteiger partial charge in [0.15, 0.2) is 0 Å². The molecule has 0 aromatic heterocycles. The van der Waals surface area contributed by atoms with Crippen LogP contribution in [0.5, 0.6) is 0 Å². The predicted octanol–water partition coefficient (Wildman–Crippen LogP) is 3.49. The number of nitro groups is 1. The lowest BCUT2D eigenvalue weighted by molar-refractivity contribution is -0.385. The predicted molar refractivity (Wildman–Crippen MR) is 133 cm³/mol. The van der Waals surface area contributed by atoms with Crippen LogP contribution in [0.3, 0.4) is 0 Å². The lowest BCUT2D eigenvalue weighted by Crippen LogP contribution is -2.49. The van der Waals surface area contributed by atoms with E-state index >= 15 is 0 Å². The maximum absolute atomic E-state index is 13.0. The maximum Gasteiger partial charge on any atom is 0.326 e. The monoisotopic (exact) mass is 511 g/mol. The number of carbonyl (C=O) groups excluding carboxylic acids is 2. The first kappa shape index (κ1) is 27.3. The molecule has 1 fully saturated rings. The van der Waals surface area contributed by atoms with E-state index in [1.165, 1.54) is 36.4 Å². The minimum absolute atomic E-state index is 0.0389. The summed E-state index contributed by atoms with van der Waals surface area (Å²) >= 11 is 0. The molecule has 196 valence electrons. The Hall–Kier alpha value is -4.28. The number of carboxylic acid groups (broad SMARTS) is 2. The fourth-order valence-electron chi connectivity index (χ4n) is 4.80. The van der Waals surface area contributed by atoms with Gasteiger partial charge in [-0.2, -0.15) is 0 Å². The number of nitro benzene ring substituents is 1. The van der Waals surface area contributed by atoms with Crippen molar-refractivity contribution in [3.05, 3.63) is 69.8 Å². The van der Waals surface area contributed by atoms with Crippen molar-refractivity contribution in [2.24, 2.45) is 16.7 Å². The highest BCUT2D eigenvalue weighted by atomic mass is 16.6. The Labute approximate surface area is 213 Å². The first-order valence-corrected chi connectivity index (χ1v) is 11.7. The molecule has 1 aliphatic carbocycles. The van der Waals surface area contributed by atoms with Gasteiger partial charge in [0.1, 0.15) is 11.6 Å². The number of nitrogens with zero attached hydrogens (tertiary/aromatic N) is 1. The van der Waals surface area contributed by atoms with Crippen molar-refractivity contribution < 1.29 is 34.3 Å². The van der Waals surface area contributed by atoms with Gasteiger partial charge in [0.25, 0.3) is 11.6 Å². The minimum Gasteiger partial charge on any atom is -0.481 e. The van der Waals surface area contributed by atoms with Gasteiger partial charge in [-0.3, -0.25) is 24.5 Å². The third-order valence-corrected chi connectivity index (χ3v) is 7.63. The van der Waals surface area contributed by atoms with Crippen LogP contribution >= 0.6 is 0 Å². The summed E-state index contributed by atoms with van der Waals surface area (Å²) in [6.07, 6.45) is 0.606. The highest BCUT2D eigenvalue weighted by Gasteiger charge is 2.58. The number of nitrogens with one attached hydrogen (secondary N) is 2. The number of anilines is 1. The van der Waals surface area contributed by atoms with Crippen molar-refractivity contribution in [2.45, 2.75) is 46.1 Å². The number of carbonyl (C=O) groups is 4. The van der Waals surface area contributed by atoms with E-state index in [9.17, 15) is 39.5 Å². The fraction of sp³-hybridized carbons (Fsp3) is 0.385. The minimum atomic E-state index is -1.24. The largest absolute Gasteiger partial charge is 0.481 e. The highest BCUT2D eigenvalue weighted by molar-refractivity contribution is 6.07. The second-order valence-electron chi connectivity index (χ2n) is 9.98. The van der Waals surface area contributed by atoms with E-state index < -0.39 is 51.5 Å². The molecule has 1 aliphatic rings. The van der Waals surface area contributed by atoms with Crippen LogP contribution in [0.15, 0.2) is 48.5 Å². The lowest BCUT2D eigenvalue weighted by Gasteiger charge is -2.38. The van der Waals surface area contributed by atoms with Crippen LogP contribution < -0.4 is 10.6 Å². The summed E-state index contributed by atoms with van der Waals surface area (Å²) in [7, 11) is 0. The zero-order chi connectivity index (χ0) is 27.5. The molecule has 4 N–H and O–H groups in total. The van der Waals surface area contributed by atoms with Crippen molar-refractivity contribution in [1.82, 2.24) is 5.32 Å². The SMILES string of the molecule is CC1(C)[C@@H](C(=O)NC(Cc2ccc(NC(=O)c3ccccc3[N+](=O)[O-])cc2)C(=O)O)CC[C@@]1(C)C(=O)O. The number of hydrogen-bond acceptors (Lipinski definition) is 6. The van der Waals surface area contributed by atoms with Crippen LogP contribution in [0, 0.1) is 26.9 Å². The Kier molecular flexibility index (Phi) is 7.66. The average molecular weight is 512 g/mol. The van der Waals surface area contributed by atoms with Gasteiger partial charge in [-0.1, -0.05) is 38.1 Å². The Balaban J connectivity index is 1.68. The second-order valence-corrected chi connectivity index (χ2v) is 9.98. The van der Waals surface area contributed by atoms with Crippen LogP contribution in [-0.4, -0.2) is 44.9 Å². The van der Waals surface area contributed by atoms with Crippen molar-refractivity contribution in [2.75, 3.05) is 5.32 Å². The molecule has 37 heavy (non-hydrogen) atoms. The van der Waals surface area contributed by atoms with E-state index in [1.807, 2.05) is 0 Å². The highest BCUT2D eigenvalue weighted by Crippen LogP contribution is 2.56. The van der Waals surface area contributed by atoms with E-state index in [2.05, 4.69) is 10.6 Å². The van der Waals surface area contributed by atoms with E-state index in [1.54, 1.807) is 32.9 Å². The molecule has 3 atom stereocenters. The number of aliphatic carboxylic acids is 2. The molecule has 2 aromatic rings. The molecule has 2 amide bonds. The van der Waals surface area contributed by atoms with Crippen LogP contribution in [0.2, 0.25) is 0 Å². The van der Waals surface area contributed by atoms with E-state index in [0.29, 0.717) is 24.1 Å². The van der Waals surface area contributed by atoms with Crippen LogP contribution in [0.1, 0.15) is 49.5 Å². The number of carboxylic acids is 2. The van der Waals surface area contributed by atoms with Crippen molar-refractivity contribution in [1.29, 1.82) is 0 Å². The normalized spacial score (nSPS) is 21.0. The van der Waals surface area contributed by atoms with Crippen molar-refractivity contribution in [3.63, 3.8) is 0 Å². The summed E-state index contributed by atoms with van der Waals surface area (Å²) in [5.41, 5.74) is -1.49. The number of para-hydroxylation sites is 1. The van der Waals surface area contributed by atoms with Gasteiger partial charge in [-0.05, 0) is 48.9 Å². The summed E-state index contributed by atoms with van der Waals surface area (Å²) in [6, 6.07) is 10.5. The van der Waals surface area contributed by atoms with Crippen LogP contribution in [0.4, 0.5) is 11.4 Å². The Bertz CT molecular complexity index is 1240. The zero-order valence-corrected chi connectivity index (χ0v) is 20.7. The van der Waals surface area contributed by atoms with Crippen molar-refractivity contribution in [3.8, 4) is 0 Å². The Morgan fingerprint density at radius 2 is 1.68 bits per heavy atom. The van der Waals surface area contributed by atoms with Gasteiger partial charge in [0.05, 0.1) is 10.3 Å². The zero-order valence-electron chi connectivity index (χ0n) is 20.7. The van der Waals surface area contributed by atoms with E-state index in [-0.39, 0.29) is 17.7 Å². The molecular weight excluding hydrogens is 482 g/mol. The quantitative estimate of drug-likeness (QED) is 0.292. The lowest BCUT2D eigenvalue weighted by atomic mass is 9.65. The number of amides is 2. The number of benzene rings is 2. The Morgan fingerprint density at radius 3 is 2.22 bits per heavy atom. The molecular formula is C26H29N3O8. The molecule has 0 spiro atoms. The smallest absolute Gasteiger partial charge is 0.326 e. The first-order valence-electron chi connectivity index (χ1n) is 11.7. The summed E-state index contributed by atoms with van der Waals surface area (Å²) in [4.78, 5) is 59.7.